The number of carbonyl (C=O) groups excluding carboxylic acids is 2. The fraction of sp³-hybridized carbons (Fsp3) is 0.340. The second-order valence-electron chi connectivity index (χ2n) is 15.4. The molecule has 0 heterocycles. The van der Waals surface area contributed by atoms with Crippen LogP contribution in [0.4, 0.5) is 11.4 Å². The predicted molar refractivity (Wildman–Crippen MR) is 249 cm³/mol. The van der Waals surface area contributed by atoms with Crippen LogP contribution in [0.25, 0.3) is 0 Å². The van der Waals surface area contributed by atoms with Gasteiger partial charge in [0.1, 0.15) is 23.3 Å². The van der Waals surface area contributed by atoms with Crippen molar-refractivity contribution in [2.45, 2.75) is 105 Å². The minimum Gasteiger partial charge on any atom is -0.493 e. The number of ether oxygens (including phenoxy) is 4. The lowest BCUT2D eigenvalue weighted by Crippen LogP contribution is -2.11. The van der Waals surface area contributed by atoms with Crippen LogP contribution >= 0.6 is 0 Å². The topological polar surface area (TPSA) is 120 Å². The summed E-state index contributed by atoms with van der Waals surface area (Å²) < 4.78 is 23.2. The number of benzene rings is 5. The lowest BCUT2D eigenvalue weighted by Gasteiger charge is -2.10. The number of esters is 2. The molecule has 0 aliphatic heterocycles. The van der Waals surface area contributed by atoms with Crippen LogP contribution in [0.3, 0.4) is 0 Å². The maximum Gasteiger partial charge on any atom is 0.343 e. The molecule has 0 N–H and O–H groups in total. The third-order valence-corrected chi connectivity index (χ3v) is 10.3. The number of unbranched alkanes of at least 4 members (excludes halogenated alkanes) is 10. The van der Waals surface area contributed by atoms with Gasteiger partial charge in [0.15, 0.2) is 5.75 Å². The van der Waals surface area contributed by atoms with Crippen molar-refractivity contribution in [2.75, 3.05) is 13.2 Å². The van der Waals surface area contributed by atoms with Crippen LogP contribution in [0.5, 0.6) is 23.0 Å². The molecule has 5 rings (SSSR count). The van der Waals surface area contributed by atoms with Gasteiger partial charge in [0, 0.05) is 18.5 Å². The SMILES string of the molecule is CCCCCCCCOc1ccc(N=Cc2ccc(C(=O)Oc3ccc(C#N)c(OC(=O)c4ccc(C=Nc5ccc(OCCCCCCCC)c(C)c5)cc4)c3)cc2)cc1C. The number of hydrogen-bond acceptors (Lipinski definition) is 9. The van der Waals surface area contributed by atoms with Gasteiger partial charge in [-0.05, 0) is 122 Å². The summed E-state index contributed by atoms with van der Waals surface area (Å²) in [6.07, 6.45) is 18.1. The van der Waals surface area contributed by atoms with Crippen molar-refractivity contribution >= 4 is 35.7 Å². The minimum absolute atomic E-state index is 0.0256. The van der Waals surface area contributed by atoms with Crippen molar-refractivity contribution in [3.05, 3.63) is 142 Å². The molecule has 0 atom stereocenters. The Kier molecular flexibility index (Phi) is 19.0. The Balaban J connectivity index is 1.10. The van der Waals surface area contributed by atoms with Crippen molar-refractivity contribution < 1.29 is 28.5 Å². The minimum atomic E-state index is -0.666. The Morgan fingerprint density at radius 3 is 1.44 bits per heavy atom. The first-order valence-electron chi connectivity index (χ1n) is 22.0. The Hall–Kier alpha value is -6.53. The molecule has 322 valence electrons. The summed E-state index contributed by atoms with van der Waals surface area (Å²) in [6.45, 7) is 9.90. The number of carbonyl (C=O) groups is 2. The van der Waals surface area contributed by atoms with Crippen molar-refractivity contribution in [2.24, 2.45) is 9.98 Å². The molecule has 9 nitrogen and oxygen atoms in total. The average molecular weight is 834 g/mol. The smallest absolute Gasteiger partial charge is 0.343 e. The van der Waals surface area contributed by atoms with Crippen molar-refractivity contribution in [1.82, 2.24) is 0 Å². The molecule has 0 bridgehead atoms. The summed E-state index contributed by atoms with van der Waals surface area (Å²) in [5, 5.41) is 9.71. The molecule has 62 heavy (non-hydrogen) atoms. The van der Waals surface area contributed by atoms with Gasteiger partial charge in [-0.2, -0.15) is 5.26 Å². The van der Waals surface area contributed by atoms with E-state index < -0.39 is 11.9 Å². The van der Waals surface area contributed by atoms with Crippen LogP contribution in [0, 0.1) is 25.2 Å². The molecule has 0 saturated heterocycles. The molecule has 0 radical (unpaired) electrons. The quantitative estimate of drug-likeness (QED) is 0.0263. The zero-order chi connectivity index (χ0) is 43.9. The second-order valence-corrected chi connectivity index (χ2v) is 15.4. The normalized spacial score (nSPS) is 11.1. The van der Waals surface area contributed by atoms with Crippen LogP contribution in [-0.4, -0.2) is 37.6 Å². The third-order valence-electron chi connectivity index (χ3n) is 10.3. The standard InChI is InChI=1S/C53H59N3O6/c1-5-7-9-11-13-15-31-59-49-29-26-46(33-39(49)3)55-37-41-17-21-43(22-18-41)52(57)61-48-28-25-45(36-54)51(35-48)62-53(58)44-23-19-42(20-24-44)38-56-47-27-30-50(40(4)34-47)60-32-16-14-12-10-8-6-2/h17-30,33-35,37-38H,5-16,31-32H2,1-4H3. The number of nitrogens with zero attached hydrogens (tertiary/aromatic N) is 3. The third kappa shape index (κ3) is 15.2. The van der Waals surface area contributed by atoms with Crippen LogP contribution in [-0.2, 0) is 0 Å². The van der Waals surface area contributed by atoms with Gasteiger partial charge < -0.3 is 18.9 Å². The van der Waals surface area contributed by atoms with Gasteiger partial charge in [0.25, 0.3) is 0 Å². The Labute approximate surface area is 367 Å². The van der Waals surface area contributed by atoms with Gasteiger partial charge in [-0.15, -0.1) is 0 Å². The van der Waals surface area contributed by atoms with Crippen LogP contribution in [0.1, 0.15) is 139 Å². The van der Waals surface area contributed by atoms with E-state index in [4.69, 9.17) is 18.9 Å². The van der Waals surface area contributed by atoms with E-state index in [9.17, 15) is 14.9 Å². The molecule has 0 aromatic heterocycles. The Bertz CT molecular complexity index is 2310. The van der Waals surface area contributed by atoms with Crippen molar-refractivity contribution in [3.63, 3.8) is 0 Å². The zero-order valence-corrected chi connectivity index (χ0v) is 36.7. The van der Waals surface area contributed by atoms with Gasteiger partial charge in [-0.1, -0.05) is 102 Å². The number of hydrogen-bond donors (Lipinski definition) is 0. The summed E-state index contributed by atoms with van der Waals surface area (Å²) in [5.41, 5.74) is 5.95. The fourth-order valence-corrected chi connectivity index (χ4v) is 6.66. The lowest BCUT2D eigenvalue weighted by molar-refractivity contribution is 0.0732. The van der Waals surface area contributed by atoms with E-state index in [-0.39, 0.29) is 22.6 Å². The fourth-order valence-electron chi connectivity index (χ4n) is 6.66. The molecular formula is C53H59N3O6. The number of nitriles is 1. The highest BCUT2D eigenvalue weighted by atomic mass is 16.5. The molecule has 0 aliphatic carbocycles. The first-order valence-corrected chi connectivity index (χ1v) is 22.0. The number of aliphatic imine (C=N–C) groups is 2. The van der Waals surface area contributed by atoms with Crippen LogP contribution < -0.4 is 18.9 Å². The van der Waals surface area contributed by atoms with E-state index in [0.29, 0.717) is 18.8 Å². The van der Waals surface area contributed by atoms with Crippen molar-refractivity contribution in [3.8, 4) is 29.1 Å². The molecule has 0 aliphatic rings. The van der Waals surface area contributed by atoms with E-state index in [2.05, 4.69) is 23.8 Å². The number of rotatable bonds is 24. The molecule has 0 saturated carbocycles. The van der Waals surface area contributed by atoms with E-state index in [1.165, 1.54) is 82.4 Å². The largest absolute Gasteiger partial charge is 0.493 e. The Morgan fingerprint density at radius 2 is 0.984 bits per heavy atom. The van der Waals surface area contributed by atoms with Gasteiger partial charge in [-0.3, -0.25) is 9.98 Å². The van der Waals surface area contributed by atoms with Gasteiger partial charge in [0.05, 0.1) is 41.3 Å². The zero-order valence-electron chi connectivity index (χ0n) is 36.7. The molecule has 0 amide bonds. The molecule has 9 heteroatoms. The predicted octanol–water partition coefficient (Wildman–Crippen LogP) is 13.6. The monoisotopic (exact) mass is 833 g/mol. The van der Waals surface area contributed by atoms with Crippen molar-refractivity contribution in [1.29, 1.82) is 5.26 Å². The maximum atomic E-state index is 13.1. The molecular weight excluding hydrogens is 775 g/mol. The highest BCUT2D eigenvalue weighted by Gasteiger charge is 2.16. The summed E-state index contributed by atoms with van der Waals surface area (Å²) in [7, 11) is 0. The summed E-state index contributed by atoms with van der Waals surface area (Å²) in [5.74, 6) is 0.564. The average Bonchev–Trinajstić information content (AvgIpc) is 3.28. The van der Waals surface area contributed by atoms with Crippen LogP contribution in [0.2, 0.25) is 0 Å². The highest BCUT2D eigenvalue weighted by molar-refractivity contribution is 5.94. The first-order chi connectivity index (χ1) is 30.3. The molecule has 0 fully saturated rings. The molecule has 5 aromatic carbocycles. The Morgan fingerprint density at radius 1 is 0.532 bits per heavy atom. The van der Waals surface area contributed by atoms with E-state index in [1.54, 1.807) is 61.0 Å². The highest BCUT2D eigenvalue weighted by Crippen LogP contribution is 2.28. The maximum absolute atomic E-state index is 13.1. The second kappa shape index (κ2) is 25.3. The van der Waals surface area contributed by atoms with E-state index in [0.717, 1.165) is 58.0 Å². The van der Waals surface area contributed by atoms with E-state index >= 15 is 0 Å². The van der Waals surface area contributed by atoms with E-state index in [1.807, 2.05) is 56.3 Å². The summed E-state index contributed by atoms with van der Waals surface area (Å²) >= 11 is 0. The first kappa shape index (κ1) is 46.5. The molecule has 5 aromatic rings. The summed E-state index contributed by atoms with van der Waals surface area (Å²) in [6, 6.07) is 31.7. The molecule has 0 unspecified atom stereocenters. The number of aryl methyl sites for hydroxylation is 2. The summed E-state index contributed by atoms with van der Waals surface area (Å²) in [4.78, 5) is 35.4. The van der Waals surface area contributed by atoms with Crippen LogP contribution in [0.15, 0.2) is 113 Å². The molecule has 0 spiro atoms. The van der Waals surface area contributed by atoms with Gasteiger partial charge in [0.2, 0.25) is 0 Å². The van der Waals surface area contributed by atoms with Gasteiger partial charge >= 0.3 is 11.9 Å². The lowest BCUT2D eigenvalue weighted by atomic mass is 10.1. The van der Waals surface area contributed by atoms with Gasteiger partial charge in [-0.25, -0.2) is 9.59 Å².